The molecule has 0 bridgehead atoms. The monoisotopic (exact) mass is 446 g/mol. The number of hydrogen-bond donors (Lipinski definition) is 0. The average molecular weight is 447 g/mol. The summed E-state index contributed by atoms with van der Waals surface area (Å²) < 4.78 is 15.7. The summed E-state index contributed by atoms with van der Waals surface area (Å²) in [4.78, 5) is 48.4. The van der Waals surface area contributed by atoms with Crippen LogP contribution in [0.4, 0.5) is 0 Å². The Hall–Kier alpha value is -2.18. The summed E-state index contributed by atoms with van der Waals surface area (Å²) >= 11 is 0. The van der Waals surface area contributed by atoms with Crippen LogP contribution in [0.1, 0.15) is 65.2 Å². The van der Waals surface area contributed by atoms with E-state index in [-0.39, 0.29) is 30.2 Å². The van der Waals surface area contributed by atoms with E-state index in [1.54, 1.807) is 0 Å². The minimum Gasteiger partial charge on any atom is -0.469 e. The lowest BCUT2D eigenvalue weighted by Crippen LogP contribution is -2.52. The fourth-order valence-electron chi connectivity index (χ4n) is 7.38. The van der Waals surface area contributed by atoms with Crippen LogP contribution in [-0.2, 0) is 33.4 Å². The molecule has 4 aliphatic carbocycles. The number of esters is 3. The highest BCUT2D eigenvalue weighted by molar-refractivity contribution is 5.92. The molecule has 3 saturated carbocycles. The van der Waals surface area contributed by atoms with Crippen molar-refractivity contribution in [1.82, 2.24) is 0 Å². The number of hydrogen-bond acceptors (Lipinski definition) is 7. The molecule has 0 aromatic carbocycles. The first-order chi connectivity index (χ1) is 15.3. The molecule has 0 saturated heterocycles. The van der Waals surface area contributed by atoms with Crippen LogP contribution >= 0.6 is 0 Å². The average Bonchev–Trinajstić information content (AvgIpc) is 3.15. The summed E-state index contributed by atoms with van der Waals surface area (Å²) in [6.45, 7) is 2.27. The molecule has 0 heterocycles. The van der Waals surface area contributed by atoms with Crippen LogP contribution in [0, 0.1) is 35.5 Å². The molecule has 0 aromatic rings. The van der Waals surface area contributed by atoms with Crippen LogP contribution in [0.25, 0.3) is 0 Å². The van der Waals surface area contributed by atoms with E-state index < -0.39 is 17.5 Å². The molecule has 0 unspecified atom stereocenters. The van der Waals surface area contributed by atoms with E-state index in [4.69, 9.17) is 14.2 Å². The molecule has 0 spiro atoms. The number of rotatable bonds is 5. The van der Waals surface area contributed by atoms with Crippen molar-refractivity contribution in [3.63, 3.8) is 0 Å². The van der Waals surface area contributed by atoms with Gasteiger partial charge in [0.05, 0.1) is 13.0 Å². The minimum atomic E-state index is -1.18. The van der Waals surface area contributed by atoms with Gasteiger partial charge in [0.25, 0.3) is 0 Å². The van der Waals surface area contributed by atoms with Gasteiger partial charge in [-0.1, -0.05) is 11.6 Å². The van der Waals surface area contributed by atoms with Gasteiger partial charge < -0.3 is 14.2 Å². The van der Waals surface area contributed by atoms with Gasteiger partial charge in [-0.3, -0.25) is 19.2 Å². The third-order valence-electron chi connectivity index (χ3n) is 8.57. The summed E-state index contributed by atoms with van der Waals surface area (Å²) in [5.41, 5.74) is 0.227. The lowest BCUT2D eigenvalue weighted by molar-refractivity contribution is -0.176. The molecule has 3 fully saturated rings. The molecule has 32 heavy (non-hydrogen) atoms. The van der Waals surface area contributed by atoms with Crippen molar-refractivity contribution >= 4 is 23.7 Å². The zero-order valence-electron chi connectivity index (χ0n) is 19.3. The molecule has 176 valence electrons. The van der Waals surface area contributed by atoms with E-state index in [9.17, 15) is 19.2 Å². The summed E-state index contributed by atoms with van der Waals surface area (Å²) in [6, 6.07) is 0. The van der Waals surface area contributed by atoms with Gasteiger partial charge in [0, 0.05) is 19.8 Å². The van der Waals surface area contributed by atoms with Crippen LogP contribution in [0.3, 0.4) is 0 Å². The molecule has 4 rings (SSSR count). The van der Waals surface area contributed by atoms with Gasteiger partial charge in [-0.25, -0.2) is 0 Å². The summed E-state index contributed by atoms with van der Waals surface area (Å²) in [5.74, 6) is 0.375. The van der Waals surface area contributed by atoms with E-state index in [0.29, 0.717) is 30.1 Å². The number of allylic oxidation sites excluding steroid dienone is 2. The SMILES string of the molecule is COC(=O)[C@H]1CC[C@H]2C(=CC[C@H]3[C@H]2CC[C@H]2[C@@H]3CC[C@@]2(OC(C)=O)C(=O)COC(C)=O)C1. The zero-order valence-corrected chi connectivity index (χ0v) is 19.3. The largest absolute Gasteiger partial charge is 0.469 e. The van der Waals surface area contributed by atoms with Crippen LogP contribution in [0.5, 0.6) is 0 Å². The Labute approximate surface area is 189 Å². The quantitative estimate of drug-likeness (QED) is 0.363. The Morgan fingerprint density at radius 2 is 1.75 bits per heavy atom. The predicted octanol–water partition coefficient (Wildman–Crippen LogP) is 3.39. The van der Waals surface area contributed by atoms with E-state index >= 15 is 0 Å². The first kappa shape index (κ1) is 23.0. The lowest BCUT2D eigenvalue weighted by atomic mass is 9.55. The number of carbonyl (C=O) groups excluding carboxylic acids is 4. The molecule has 0 amide bonds. The van der Waals surface area contributed by atoms with Crippen LogP contribution in [0.2, 0.25) is 0 Å². The summed E-state index contributed by atoms with van der Waals surface area (Å²) in [6.07, 6.45) is 9.09. The number of Topliss-reactive ketones (excluding diaryl/α,β-unsaturated/α-hetero) is 1. The van der Waals surface area contributed by atoms with Gasteiger partial charge in [-0.2, -0.15) is 0 Å². The molecule has 0 aromatic heterocycles. The molecule has 0 N–H and O–H groups in total. The second kappa shape index (κ2) is 8.99. The van der Waals surface area contributed by atoms with Gasteiger partial charge in [0.1, 0.15) is 0 Å². The Balaban J connectivity index is 1.54. The fraction of sp³-hybridized carbons (Fsp3) is 0.760. The van der Waals surface area contributed by atoms with Crippen molar-refractivity contribution in [3.8, 4) is 0 Å². The first-order valence-electron chi connectivity index (χ1n) is 11.9. The molecule has 4 aliphatic rings. The fourth-order valence-corrected chi connectivity index (χ4v) is 7.38. The molecule has 0 radical (unpaired) electrons. The van der Waals surface area contributed by atoms with Crippen molar-refractivity contribution in [3.05, 3.63) is 11.6 Å². The molecular formula is C25H34O7. The number of carbonyl (C=O) groups is 4. The zero-order chi connectivity index (χ0) is 23.0. The highest BCUT2D eigenvalue weighted by Crippen LogP contribution is 2.60. The topological polar surface area (TPSA) is 96.0 Å². The third-order valence-corrected chi connectivity index (χ3v) is 8.57. The smallest absolute Gasteiger partial charge is 0.308 e. The van der Waals surface area contributed by atoms with E-state index in [0.717, 1.165) is 44.9 Å². The third kappa shape index (κ3) is 3.99. The van der Waals surface area contributed by atoms with Crippen molar-refractivity contribution in [1.29, 1.82) is 0 Å². The Bertz CT molecular complexity index is 830. The molecule has 0 aliphatic heterocycles. The highest BCUT2D eigenvalue weighted by Gasteiger charge is 2.60. The van der Waals surface area contributed by atoms with E-state index in [1.165, 1.54) is 26.5 Å². The maximum atomic E-state index is 13.2. The second-order valence-electron chi connectivity index (χ2n) is 10.0. The molecule has 7 heteroatoms. The van der Waals surface area contributed by atoms with Crippen molar-refractivity contribution in [2.45, 2.75) is 70.8 Å². The van der Waals surface area contributed by atoms with Crippen molar-refractivity contribution < 1.29 is 33.4 Å². The van der Waals surface area contributed by atoms with Crippen molar-refractivity contribution in [2.75, 3.05) is 13.7 Å². The predicted molar refractivity (Wildman–Crippen MR) is 114 cm³/mol. The van der Waals surface area contributed by atoms with Gasteiger partial charge in [0.2, 0.25) is 5.78 Å². The standard InChI is InChI=1S/C25H34O7/c1-14(26)31-13-23(28)25(32-15(2)27)11-10-21-20-7-4-16-12-17(24(29)30-3)5-6-18(16)19(20)8-9-22(21)25/h4,17-22H,5-13H2,1-3H3/t17-,18-,19-,20-,21+,22-,25-/m0/s1. The Morgan fingerprint density at radius 1 is 0.969 bits per heavy atom. The normalized spacial score (nSPS) is 37.8. The Morgan fingerprint density at radius 3 is 2.44 bits per heavy atom. The van der Waals surface area contributed by atoms with E-state index in [2.05, 4.69) is 6.08 Å². The second-order valence-corrected chi connectivity index (χ2v) is 10.0. The van der Waals surface area contributed by atoms with Gasteiger partial charge >= 0.3 is 17.9 Å². The summed E-state index contributed by atoms with van der Waals surface area (Å²) in [5, 5.41) is 0. The van der Waals surface area contributed by atoms with Crippen LogP contribution in [0.15, 0.2) is 11.6 Å². The Kier molecular flexibility index (Phi) is 6.46. The van der Waals surface area contributed by atoms with Gasteiger partial charge in [0.15, 0.2) is 12.2 Å². The highest BCUT2D eigenvalue weighted by atomic mass is 16.6. The number of ketones is 1. The molecule has 7 nitrogen and oxygen atoms in total. The van der Waals surface area contributed by atoms with E-state index in [1.807, 2.05) is 0 Å². The van der Waals surface area contributed by atoms with Crippen LogP contribution in [-0.4, -0.2) is 43.0 Å². The molecule has 7 atom stereocenters. The van der Waals surface area contributed by atoms with Gasteiger partial charge in [-0.05, 0) is 75.0 Å². The number of fused-ring (bicyclic) bond motifs is 5. The number of ether oxygens (including phenoxy) is 3. The van der Waals surface area contributed by atoms with Crippen LogP contribution < -0.4 is 0 Å². The minimum absolute atomic E-state index is 0.0302. The maximum absolute atomic E-state index is 13.2. The lowest BCUT2D eigenvalue weighted by Gasteiger charge is -2.50. The first-order valence-corrected chi connectivity index (χ1v) is 11.9. The van der Waals surface area contributed by atoms with Gasteiger partial charge in [-0.15, -0.1) is 0 Å². The maximum Gasteiger partial charge on any atom is 0.308 e. The summed E-state index contributed by atoms with van der Waals surface area (Å²) in [7, 11) is 1.46. The molecular weight excluding hydrogens is 412 g/mol. The van der Waals surface area contributed by atoms with Crippen molar-refractivity contribution in [2.24, 2.45) is 35.5 Å². The number of methoxy groups -OCH3 is 1.